The molecule has 0 radical (unpaired) electrons. The van der Waals surface area contributed by atoms with Gasteiger partial charge in [0.05, 0.1) is 0 Å². The maximum absolute atomic E-state index is 13.7. The largest absolute Gasteiger partial charge is 0.309 e. The lowest BCUT2D eigenvalue weighted by Gasteiger charge is -2.16. The Bertz CT molecular complexity index is 674. The van der Waals surface area contributed by atoms with Gasteiger partial charge in [-0.3, -0.25) is 0 Å². The Morgan fingerprint density at radius 2 is 1.38 bits per heavy atom. The van der Waals surface area contributed by atoms with Crippen LogP contribution in [0.15, 0.2) is 94.9 Å². The van der Waals surface area contributed by atoms with Gasteiger partial charge in [0.2, 0.25) is 0 Å². The Hall–Kier alpha value is -1.38. The summed E-state index contributed by atoms with van der Waals surface area (Å²) in [6.07, 6.45) is 1.68. The summed E-state index contributed by atoms with van der Waals surface area (Å²) < 4.78 is 14.6. The van der Waals surface area contributed by atoms with Gasteiger partial charge in [-0.05, 0) is 34.0 Å². The van der Waals surface area contributed by atoms with Crippen molar-refractivity contribution in [1.29, 1.82) is 0 Å². The lowest BCUT2D eigenvalue weighted by molar-refractivity contribution is 0.592. The molecule has 0 amide bonds. The molecule has 0 spiro atoms. The van der Waals surface area contributed by atoms with Gasteiger partial charge < -0.3 is 4.57 Å². The van der Waals surface area contributed by atoms with Gasteiger partial charge in [-0.15, -0.1) is 0 Å². The molecule has 2 aromatic rings. The van der Waals surface area contributed by atoms with Crippen molar-refractivity contribution in [3.63, 3.8) is 0 Å². The summed E-state index contributed by atoms with van der Waals surface area (Å²) >= 11 is 2.16. The van der Waals surface area contributed by atoms with Crippen LogP contribution in [0.25, 0.3) is 0 Å². The summed E-state index contributed by atoms with van der Waals surface area (Å²) in [5, 5.41) is 1.64. The Balaban J connectivity index is 2.64. The molecule has 0 aliphatic rings. The molecule has 0 aliphatic carbocycles. The second-order valence-electron chi connectivity index (χ2n) is 4.54. The van der Waals surface area contributed by atoms with E-state index < -0.39 is 7.14 Å². The molecular formula is C18H16IOP. The Labute approximate surface area is 139 Å². The predicted molar refractivity (Wildman–Crippen MR) is 101 cm³/mol. The van der Waals surface area contributed by atoms with Crippen molar-refractivity contribution >= 4 is 40.3 Å². The summed E-state index contributed by atoms with van der Waals surface area (Å²) in [4.78, 5) is 0. The summed E-state index contributed by atoms with van der Waals surface area (Å²) in [7, 11) is -2.83. The fourth-order valence-corrected chi connectivity index (χ4v) is 5.65. The maximum atomic E-state index is 13.7. The average Bonchev–Trinajstić information content (AvgIpc) is 2.55. The van der Waals surface area contributed by atoms with E-state index in [0.717, 1.165) is 19.8 Å². The molecule has 21 heavy (non-hydrogen) atoms. The molecular weight excluding hydrogens is 390 g/mol. The zero-order valence-corrected chi connectivity index (χ0v) is 14.6. The van der Waals surface area contributed by atoms with Crippen LogP contribution in [0.3, 0.4) is 0 Å². The fraction of sp³-hybridized carbons (Fsp3) is 0. The van der Waals surface area contributed by atoms with Gasteiger partial charge in [0, 0.05) is 14.2 Å². The van der Waals surface area contributed by atoms with Crippen molar-refractivity contribution in [2.75, 3.05) is 0 Å². The lowest BCUT2D eigenvalue weighted by atomic mass is 10.3. The van der Waals surface area contributed by atoms with Gasteiger partial charge in [0.15, 0.2) is 7.14 Å². The van der Waals surface area contributed by atoms with E-state index in [2.05, 4.69) is 35.7 Å². The second kappa shape index (κ2) is 7.06. The van der Waals surface area contributed by atoms with E-state index in [1.165, 1.54) is 0 Å². The van der Waals surface area contributed by atoms with Crippen LogP contribution in [0.1, 0.15) is 0 Å². The molecule has 0 aliphatic heterocycles. The van der Waals surface area contributed by atoms with Crippen LogP contribution in [-0.2, 0) is 4.57 Å². The van der Waals surface area contributed by atoms with E-state index in [-0.39, 0.29) is 0 Å². The molecule has 0 atom stereocenters. The van der Waals surface area contributed by atoms with E-state index in [0.29, 0.717) is 0 Å². The van der Waals surface area contributed by atoms with Crippen molar-refractivity contribution in [1.82, 2.24) is 0 Å². The van der Waals surface area contributed by atoms with E-state index in [4.69, 9.17) is 0 Å². The molecule has 1 nitrogen and oxygen atoms in total. The van der Waals surface area contributed by atoms with Gasteiger partial charge >= 0.3 is 0 Å². The van der Waals surface area contributed by atoms with Crippen molar-refractivity contribution in [2.45, 2.75) is 0 Å². The smallest absolute Gasteiger partial charge is 0.165 e. The van der Waals surface area contributed by atoms with Gasteiger partial charge in [-0.2, -0.15) is 0 Å². The van der Waals surface area contributed by atoms with Gasteiger partial charge in [-0.25, -0.2) is 0 Å². The van der Waals surface area contributed by atoms with E-state index in [9.17, 15) is 4.57 Å². The highest BCUT2D eigenvalue weighted by Gasteiger charge is 2.25. The molecule has 106 valence electrons. The van der Waals surface area contributed by atoms with Gasteiger partial charge in [0.1, 0.15) is 0 Å². The van der Waals surface area contributed by atoms with Crippen LogP contribution in [0, 0.1) is 0 Å². The van der Waals surface area contributed by atoms with Crippen LogP contribution in [-0.4, -0.2) is 0 Å². The van der Waals surface area contributed by atoms with Crippen LogP contribution < -0.4 is 10.6 Å². The molecule has 0 aromatic heterocycles. The number of halogens is 1. The summed E-state index contributed by atoms with van der Waals surface area (Å²) in [5.74, 6) is 1.82. The standard InChI is InChI=1S/C18H16IOP/c1-3-15(2)18(19)14-21(20,16-10-6-4-7-11-16)17-12-8-5-9-13-17/h3-14H,1-2H2/b18-14+. The van der Waals surface area contributed by atoms with E-state index in [1.807, 2.05) is 66.5 Å². The summed E-state index contributed by atoms with van der Waals surface area (Å²) in [6, 6.07) is 19.1. The van der Waals surface area contributed by atoms with Crippen molar-refractivity contribution in [2.24, 2.45) is 0 Å². The predicted octanol–water partition coefficient (Wildman–Crippen LogP) is 5.02. The highest BCUT2D eigenvalue weighted by Crippen LogP contribution is 2.47. The normalized spacial score (nSPS) is 12.0. The third-order valence-electron chi connectivity index (χ3n) is 3.13. The molecule has 2 aromatic carbocycles. The minimum Gasteiger partial charge on any atom is -0.309 e. The quantitative estimate of drug-likeness (QED) is 0.387. The molecule has 0 saturated carbocycles. The number of benzene rings is 2. The number of allylic oxidation sites excluding steroid dienone is 3. The van der Waals surface area contributed by atoms with Gasteiger partial charge in [-0.1, -0.05) is 79.9 Å². The van der Waals surface area contributed by atoms with Crippen LogP contribution in [0.5, 0.6) is 0 Å². The highest BCUT2D eigenvalue weighted by atomic mass is 127. The molecule has 0 fully saturated rings. The first-order valence-corrected chi connectivity index (χ1v) is 9.34. The highest BCUT2D eigenvalue weighted by molar-refractivity contribution is 14.1. The van der Waals surface area contributed by atoms with Crippen LogP contribution >= 0.6 is 29.7 Å². The Kier molecular flexibility index (Phi) is 5.38. The molecule has 0 saturated heterocycles. The zero-order chi connectivity index (χ0) is 15.3. The molecule has 2 rings (SSSR count). The van der Waals surface area contributed by atoms with Gasteiger partial charge in [0.25, 0.3) is 0 Å². The van der Waals surface area contributed by atoms with E-state index in [1.54, 1.807) is 6.08 Å². The minimum atomic E-state index is -2.83. The number of hydrogen-bond donors (Lipinski definition) is 0. The minimum absolute atomic E-state index is 0.780. The Morgan fingerprint density at radius 1 is 0.952 bits per heavy atom. The summed E-state index contributed by atoms with van der Waals surface area (Å²) in [6.45, 7) is 7.65. The molecule has 0 heterocycles. The summed E-state index contributed by atoms with van der Waals surface area (Å²) in [5.41, 5.74) is 0.780. The molecule has 0 N–H and O–H groups in total. The van der Waals surface area contributed by atoms with Crippen molar-refractivity contribution in [3.05, 3.63) is 94.9 Å². The third-order valence-corrected chi connectivity index (χ3v) is 7.38. The topological polar surface area (TPSA) is 17.1 Å². The molecule has 3 heteroatoms. The van der Waals surface area contributed by atoms with Crippen molar-refractivity contribution < 1.29 is 4.57 Å². The Morgan fingerprint density at radius 3 is 1.76 bits per heavy atom. The number of rotatable bonds is 5. The first-order chi connectivity index (χ1) is 10.1. The molecule has 0 bridgehead atoms. The monoisotopic (exact) mass is 406 g/mol. The second-order valence-corrected chi connectivity index (χ2v) is 8.30. The first kappa shape index (κ1) is 16.0. The molecule has 0 unspecified atom stereocenters. The average molecular weight is 406 g/mol. The SMILES string of the molecule is C=CC(=C)/C(I)=C\P(=O)(c1ccccc1)c1ccccc1. The fourth-order valence-electron chi connectivity index (χ4n) is 1.94. The van der Waals surface area contributed by atoms with Crippen molar-refractivity contribution in [3.8, 4) is 0 Å². The maximum Gasteiger partial charge on any atom is 0.165 e. The number of hydrogen-bond acceptors (Lipinski definition) is 1. The van der Waals surface area contributed by atoms with Crippen LogP contribution in [0.4, 0.5) is 0 Å². The first-order valence-electron chi connectivity index (χ1n) is 6.49. The zero-order valence-electron chi connectivity index (χ0n) is 11.6. The van der Waals surface area contributed by atoms with E-state index >= 15 is 0 Å². The van der Waals surface area contributed by atoms with Crippen LogP contribution in [0.2, 0.25) is 0 Å². The lowest BCUT2D eigenvalue weighted by Crippen LogP contribution is -2.14. The third kappa shape index (κ3) is 3.63.